The van der Waals surface area contributed by atoms with E-state index in [-0.39, 0.29) is 16.9 Å². The van der Waals surface area contributed by atoms with Crippen LogP contribution >= 0.6 is 11.8 Å². The third-order valence-electron chi connectivity index (χ3n) is 2.76. The lowest BCUT2D eigenvalue weighted by Crippen LogP contribution is -2.15. The summed E-state index contributed by atoms with van der Waals surface area (Å²) < 4.78 is 13.3. The Labute approximate surface area is 93.1 Å². The van der Waals surface area contributed by atoms with Gasteiger partial charge in [0.1, 0.15) is 5.82 Å². The van der Waals surface area contributed by atoms with Gasteiger partial charge in [-0.1, -0.05) is 12.1 Å². The van der Waals surface area contributed by atoms with Gasteiger partial charge in [-0.25, -0.2) is 4.39 Å². The van der Waals surface area contributed by atoms with Gasteiger partial charge in [0, 0.05) is 5.56 Å². The number of hydrogen-bond donors (Lipinski definition) is 0. The summed E-state index contributed by atoms with van der Waals surface area (Å²) in [5.41, 5.74) is 1.03. The van der Waals surface area contributed by atoms with Crippen LogP contribution in [0.3, 0.4) is 0 Å². The van der Waals surface area contributed by atoms with E-state index in [4.69, 9.17) is 0 Å². The van der Waals surface area contributed by atoms with E-state index in [1.54, 1.807) is 30.8 Å². The molecule has 1 atom stereocenters. The van der Waals surface area contributed by atoms with Crippen LogP contribution in [-0.2, 0) is 0 Å². The third-order valence-corrected chi connectivity index (χ3v) is 4.13. The molecular formula is C12H13FOS. The van der Waals surface area contributed by atoms with Crippen LogP contribution in [0.1, 0.15) is 28.8 Å². The van der Waals surface area contributed by atoms with Crippen LogP contribution in [0.25, 0.3) is 0 Å². The Balaban J connectivity index is 2.28. The maximum absolute atomic E-state index is 13.3. The highest BCUT2D eigenvalue weighted by Gasteiger charge is 2.25. The Morgan fingerprint density at radius 1 is 1.53 bits per heavy atom. The molecule has 1 heterocycles. The molecule has 0 saturated carbocycles. The van der Waals surface area contributed by atoms with Crippen molar-refractivity contribution >= 4 is 17.5 Å². The Kier molecular flexibility index (Phi) is 3.10. The largest absolute Gasteiger partial charge is 0.293 e. The standard InChI is InChI=1S/C12H13FOS/c1-8-9(4-2-5-10(8)13)12(14)11-6-3-7-15-11/h2,4-5,11H,3,6-7H2,1H3. The first-order chi connectivity index (χ1) is 7.20. The van der Waals surface area contributed by atoms with E-state index >= 15 is 0 Å². The molecule has 1 saturated heterocycles. The van der Waals surface area contributed by atoms with Gasteiger partial charge in [-0.15, -0.1) is 0 Å². The van der Waals surface area contributed by atoms with Crippen molar-refractivity contribution in [3.05, 3.63) is 35.1 Å². The second kappa shape index (κ2) is 4.35. The predicted molar refractivity (Wildman–Crippen MR) is 60.9 cm³/mol. The number of hydrogen-bond acceptors (Lipinski definition) is 2. The molecule has 15 heavy (non-hydrogen) atoms. The van der Waals surface area contributed by atoms with Gasteiger partial charge in [0.15, 0.2) is 5.78 Å². The summed E-state index contributed by atoms with van der Waals surface area (Å²) in [6.45, 7) is 1.67. The highest BCUT2D eigenvalue weighted by Crippen LogP contribution is 2.30. The van der Waals surface area contributed by atoms with Crippen molar-refractivity contribution in [2.75, 3.05) is 5.75 Å². The highest BCUT2D eigenvalue weighted by atomic mass is 32.2. The topological polar surface area (TPSA) is 17.1 Å². The Hall–Kier alpha value is -0.830. The molecule has 0 amide bonds. The second-order valence-corrected chi connectivity index (χ2v) is 5.09. The van der Waals surface area contributed by atoms with E-state index in [0.717, 1.165) is 18.6 Å². The molecule has 1 aliphatic heterocycles. The fraction of sp³-hybridized carbons (Fsp3) is 0.417. The molecule has 0 bridgehead atoms. The number of benzene rings is 1. The number of halogens is 1. The molecule has 1 aromatic rings. The van der Waals surface area contributed by atoms with Gasteiger partial charge in [-0.05, 0) is 37.1 Å². The highest BCUT2D eigenvalue weighted by molar-refractivity contribution is 8.00. The zero-order chi connectivity index (χ0) is 10.8. The van der Waals surface area contributed by atoms with Gasteiger partial charge >= 0.3 is 0 Å². The Morgan fingerprint density at radius 2 is 2.33 bits per heavy atom. The molecule has 80 valence electrons. The van der Waals surface area contributed by atoms with Gasteiger partial charge in [0.05, 0.1) is 5.25 Å². The minimum Gasteiger partial charge on any atom is -0.293 e. The lowest BCUT2D eigenvalue weighted by Gasteiger charge is -2.10. The van der Waals surface area contributed by atoms with Crippen LogP contribution in [0, 0.1) is 12.7 Å². The normalized spacial score (nSPS) is 20.5. The summed E-state index contributed by atoms with van der Waals surface area (Å²) in [6, 6.07) is 4.72. The maximum Gasteiger partial charge on any atom is 0.176 e. The molecule has 1 aliphatic rings. The molecule has 0 aliphatic carbocycles. The molecule has 3 heteroatoms. The second-order valence-electron chi connectivity index (χ2n) is 3.78. The molecule has 2 rings (SSSR count). The van der Waals surface area contributed by atoms with Crippen LogP contribution in [-0.4, -0.2) is 16.8 Å². The fourth-order valence-electron chi connectivity index (χ4n) is 1.83. The number of ketones is 1. The molecule has 0 spiro atoms. The van der Waals surface area contributed by atoms with Gasteiger partial charge in [-0.2, -0.15) is 11.8 Å². The van der Waals surface area contributed by atoms with Gasteiger partial charge in [0.25, 0.3) is 0 Å². The number of carbonyl (C=O) groups excluding carboxylic acids is 1. The first-order valence-corrected chi connectivity index (χ1v) is 6.16. The summed E-state index contributed by atoms with van der Waals surface area (Å²) >= 11 is 1.69. The fourth-order valence-corrected chi connectivity index (χ4v) is 3.06. The van der Waals surface area contributed by atoms with Crippen LogP contribution in [0.2, 0.25) is 0 Å². The predicted octanol–water partition coefficient (Wildman–Crippen LogP) is 3.21. The van der Waals surface area contributed by atoms with Crippen molar-refractivity contribution < 1.29 is 9.18 Å². The van der Waals surface area contributed by atoms with E-state index in [1.807, 2.05) is 0 Å². The number of Topliss-reactive ketones (excluding diaryl/α,β-unsaturated/α-hetero) is 1. The van der Waals surface area contributed by atoms with E-state index in [9.17, 15) is 9.18 Å². The van der Waals surface area contributed by atoms with E-state index < -0.39 is 0 Å². The van der Waals surface area contributed by atoms with Crippen LogP contribution in [0.15, 0.2) is 18.2 Å². The van der Waals surface area contributed by atoms with Crippen molar-refractivity contribution in [1.82, 2.24) is 0 Å². The Bertz CT molecular complexity index is 383. The molecule has 0 aromatic heterocycles. The van der Waals surface area contributed by atoms with Crippen molar-refractivity contribution in [3.63, 3.8) is 0 Å². The number of thioether (sulfide) groups is 1. The molecule has 1 nitrogen and oxygen atoms in total. The van der Waals surface area contributed by atoms with Crippen LogP contribution in [0.5, 0.6) is 0 Å². The molecule has 1 unspecified atom stereocenters. The molecule has 1 fully saturated rings. The van der Waals surface area contributed by atoms with E-state index in [1.165, 1.54) is 6.07 Å². The minimum atomic E-state index is -0.288. The summed E-state index contributed by atoms with van der Waals surface area (Å²) in [5.74, 6) is 0.850. The first kappa shape index (κ1) is 10.7. The number of rotatable bonds is 2. The lowest BCUT2D eigenvalue weighted by molar-refractivity contribution is 0.0987. The summed E-state index contributed by atoms with van der Waals surface area (Å²) in [6.07, 6.45) is 2.02. The maximum atomic E-state index is 13.3. The number of carbonyl (C=O) groups is 1. The van der Waals surface area contributed by atoms with Crippen LogP contribution < -0.4 is 0 Å². The zero-order valence-corrected chi connectivity index (χ0v) is 9.44. The summed E-state index contributed by atoms with van der Waals surface area (Å²) in [5, 5.41) is 0.0468. The van der Waals surface area contributed by atoms with Crippen LogP contribution in [0.4, 0.5) is 4.39 Å². The molecular weight excluding hydrogens is 211 g/mol. The average molecular weight is 224 g/mol. The van der Waals surface area contributed by atoms with Gasteiger partial charge in [0.2, 0.25) is 0 Å². The van der Waals surface area contributed by atoms with E-state index in [2.05, 4.69) is 0 Å². The van der Waals surface area contributed by atoms with E-state index in [0.29, 0.717) is 11.1 Å². The quantitative estimate of drug-likeness (QED) is 0.717. The van der Waals surface area contributed by atoms with Crippen molar-refractivity contribution in [3.8, 4) is 0 Å². The van der Waals surface area contributed by atoms with Gasteiger partial charge < -0.3 is 0 Å². The summed E-state index contributed by atoms with van der Waals surface area (Å²) in [7, 11) is 0. The van der Waals surface area contributed by atoms with Crippen molar-refractivity contribution in [2.45, 2.75) is 25.0 Å². The lowest BCUT2D eigenvalue weighted by atomic mass is 10.0. The molecule has 0 N–H and O–H groups in total. The first-order valence-electron chi connectivity index (χ1n) is 5.11. The Morgan fingerprint density at radius 3 is 3.00 bits per heavy atom. The minimum absolute atomic E-state index is 0.0468. The third kappa shape index (κ3) is 2.07. The summed E-state index contributed by atoms with van der Waals surface area (Å²) in [4.78, 5) is 12.0. The molecule has 0 radical (unpaired) electrons. The van der Waals surface area contributed by atoms with Gasteiger partial charge in [-0.3, -0.25) is 4.79 Å². The average Bonchev–Trinajstić information content (AvgIpc) is 2.74. The smallest absolute Gasteiger partial charge is 0.176 e. The SMILES string of the molecule is Cc1c(F)cccc1C(=O)C1CCCS1. The van der Waals surface area contributed by atoms with Crippen molar-refractivity contribution in [1.29, 1.82) is 0 Å². The van der Waals surface area contributed by atoms with Crippen molar-refractivity contribution in [2.24, 2.45) is 0 Å². The zero-order valence-electron chi connectivity index (χ0n) is 8.63. The monoisotopic (exact) mass is 224 g/mol. The molecule has 1 aromatic carbocycles.